The Hall–Kier alpha value is -4.30. The maximum atomic E-state index is 13.4. The van der Waals surface area contributed by atoms with Crippen LogP contribution in [0.15, 0.2) is 36.4 Å². The van der Waals surface area contributed by atoms with E-state index in [0.29, 0.717) is 13.0 Å². The van der Waals surface area contributed by atoms with E-state index in [0.717, 1.165) is 17.5 Å². The van der Waals surface area contributed by atoms with Crippen LogP contribution in [0, 0.1) is 23.2 Å². The summed E-state index contributed by atoms with van der Waals surface area (Å²) in [5, 5.41) is 20.4. The number of epoxide rings is 1. The zero-order chi connectivity index (χ0) is 41.1. The van der Waals surface area contributed by atoms with E-state index in [4.69, 9.17) is 10.5 Å². The Balaban J connectivity index is 0.00000495. The van der Waals surface area contributed by atoms with Crippen molar-refractivity contribution in [2.75, 3.05) is 0 Å². The summed E-state index contributed by atoms with van der Waals surface area (Å²) in [4.78, 5) is 77.1. The lowest BCUT2D eigenvalue weighted by atomic mass is 9.86. The minimum Gasteiger partial charge on any atom is -0.480 e. The summed E-state index contributed by atoms with van der Waals surface area (Å²) >= 11 is 0. The molecule has 2 aliphatic heterocycles. The van der Waals surface area contributed by atoms with Gasteiger partial charge in [-0.15, -0.1) is 0 Å². The Labute approximate surface area is 320 Å². The Morgan fingerprint density at radius 2 is 1.61 bits per heavy atom. The monoisotopic (exact) mass is 756 g/mol. The highest BCUT2D eigenvalue weighted by Gasteiger charge is 2.50. The normalized spacial score (nSPS) is 21.7. The van der Waals surface area contributed by atoms with Crippen molar-refractivity contribution in [3.05, 3.63) is 47.5 Å². The molecule has 0 aromatic heterocycles. The van der Waals surface area contributed by atoms with Gasteiger partial charge in [0, 0.05) is 6.54 Å². The predicted molar refractivity (Wildman–Crippen MR) is 206 cm³/mol. The summed E-state index contributed by atoms with van der Waals surface area (Å²) in [5.74, 6) is -3.01. The van der Waals surface area contributed by atoms with Crippen LogP contribution in [0.3, 0.4) is 0 Å². The molecule has 2 heterocycles. The van der Waals surface area contributed by atoms with Crippen LogP contribution in [0.4, 0.5) is 0 Å². The molecule has 1 aromatic carbocycles. The average Bonchev–Trinajstić information content (AvgIpc) is 3.87. The van der Waals surface area contributed by atoms with Gasteiger partial charge in [0.05, 0.1) is 17.6 Å². The highest BCUT2D eigenvalue weighted by atomic mass is 16.6. The lowest BCUT2D eigenvalue weighted by molar-refractivity contribution is -0.146. The molecule has 2 fully saturated rings. The predicted octanol–water partition coefficient (Wildman–Crippen LogP) is 3.54. The number of carbonyl (C=O) groups is 6. The lowest BCUT2D eigenvalue weighted by Gasteiger charge is -2.37. The number of ether oxygens (including phenoxy) is 1. The summed E-state index contributed by atoms with van der Waals surface area (Å²) in [6, 6.07) is 4.51. The van der Waals surface area contributed by atoms with Crippen LogP contribution in [0.2, 0.25) is 0 Å². The smallest absolute Gasteiger partial charge is 0.326 e. The van der Waals surface area contributed by atoms with Crippen LogP contribution >= 0.6 is 0 Å². The standard InChI is InChI=1S/C38H58N6O8.C2H6/c1-20(2)18-27(35(49)50)42-37(51)38(8,9)36-43-33(47)24(7)44(36)28(45)13-11-10-12-22(5)30-31(52-30)26-16-14-25(15-17-26)19-40-32(46)23(6)41-34(48)29(39)21(3)4;1-2/h11,13-17,20-24,27,29-31,36H,10,12,18-19,39H2,1-9H3,(H,40,46)(H,41,48)(H,42,51)(H,43,47)(H,49,50);1-2H3/b13-11+;/t22-,23?,24+,27?,29-,30?,31?,36?;/m0./s1. The van der Waals surface area contributed by atoms with Crippen molar-refractivity contribution in [1.29, 1.82) is 0 Å². The molecule has 2 saturated heterocycles. The van der Waals surface area contributed by atoms with Crippen molar-refractivity contribution in [2.24, 2.45) is 28.9 Å². The summed E-state index contributed by atoms with van der Waals surface area (Å²) in [6.45, 7) is 20.2. The molecule has 5 amide bonds. The number of amides is 5. The van der Waals surface area contributed by atoms with Crippen molar-refractivity contribution < 1.29 is 38.6 Å². The van der Waals surface area contributed by atoms with E-state index in [2.05, 4.69) is 28.2 Å². The quantitative estimate of drug-likeness (QED) is 0.0954. The van der Waals surface area contributed by atoms with Gasteiger partial charge in [0.2, 0.25) is 29.5 Å². The van der Waals surface area contributed by atoms with Crippen molar-refractivity contribution in [3.8, 4) is 0 Å². The van der Waals surface area contributed by atoms with E-state index >= 15 is 0 Å². The van der Waals surface area contributed by atoms with Crippen LogP contribution in [0.25, 0.3) is 0 Å². The Bertz CT molecular complexity index is 1490. The first kappa shape index (κ1) is 45.9. The zero-order valence-corrected chi connectivity index (χ0v) is 33.9. The lowest BCUT2D eigenvalue weighted by Crippen LogP contribution is -2.58. The maximum Gasteiger partial charge on any atom is 0.326 e. The maximum absolute atomic E-state index is 13.4. The average molecular weight is 757 g/mol. The second-order valence-corrected chi connectivity index (χ2v) is 15.5. The SMILES string of the molecule is CC.CC(C)CC(NC(=O)C(C)(C)C1NC(=O)[C@@H](C)N1C(=O)/C=C/CC[C@H](C)C1OC1c1ccc(CNC(=O)C(C)NC(=O)[C@@H](N)C(C)C)cc1)C(=O)O. The second kappa shape index (κ2) is 20.4. The van der Waals surface area contributed by atoms with E-state index < -0.39 is 59.4 Å². The van der Waals surface area contributed by atoms with Gasteiger partial charge in [-0.2, -0.15) is 0 Å². The number of nitrogens with one attached hydrogen (secondary N) is 4. The Morgan fingerprint density at radius 3 is 2.17 bits per heavy atom. The molecule has 1 aromatic rings. The minimum atomic E-state index is -1.31. The van der Waals surface area contributed by atoms with Gasteiger partial charge >= 0.3 is 5.97 Å². The molecule has 0 saturated carbocycles. The number of nitrogens with two attached hydrogens (primary N) is 1. The van der Waals surface area contributed by atoms with Crippen LogP contribution in [0.1, 0.15) is 113 Å². The highest BCUT2D eigenvalue weighted by molar-refractivity contribution is 5.97. The number of carboxylic acids is 1. The van der Waals surface area contributed by atoms with E-state index in [1.54, 1.807) is 33.8 Å². The molecule has 0 bridgehead atoms. The van der Waals surface area contributed by atoms with Crippen molar-refractivity contribution in [2.45, 2.75) is 145 Å². The minimum absolute atomic E-state index is 0.0192. The van der Waals surface area contributed by atoms with Gasteiger partial charge in [0.25, 0.3) is 0 Å². The fourth-order valence-electron chi connectivity index (χ4n) is 6.15. The van der Waals surface area contributed by atoms with Gasteiger partial charge in [-0.05, 0) is 81.9 Å². The van der Waals surface area contributed by atoms with Crippen LogP contribution in [-0.2, 0) is 40.0 Å². The third-order valence-corrected chi connectivity index (χ3v) is 9.87. The molecule has 3 rings (SSSR count). The van der Waals surface area contributed by atoms with E-state index in [1.165, 1.54) is 11.0 Å². The van der Waals surface area contributed by atoms with Crippen LogP contribution in [0.5, 0.6) is 0 Å². The van der Waals surface area contributed by atoms with E-state index in [1.807, 2.05) is 65.8 Å². The number of carboxylic acid groups (broad SMARTS) is 1. The van der Waals surface area contributed by atoms with E-state index in [9.17, 15) is 33.9 Å². The molecule has 7 N–H and O–H groups in total. The topological polar surface area (TPSA) is 213 Å². The van der Waals surface area contributed by atoms with Crippen LogP contribution < -0.4 is 27.0 Å². The Morgan fingerprint density at radius 1 is 1.00 bits per heavy atom. The number of nitrogens with zero attached hydrogens (tertiary/aromatic N) is 1. The molecule has 0 radical (unpaired) electrons. The molecular formula is C40H64N6O8. The summed E-state index contributed by atoms with van der Waals surface area (Å²) in [5.41, 5.74) is 6.48. The highest BCUT2D eigenvalue weighted by Crippen LogP contribution is 2.44. The molecule has 5 unspecified atom stereocenters. The summed E-state index contributed by atoms with van der Waals surface area (Å²) in [7, 11) is 0. The van der Waals surface area contributed by atoms with Gasteiger partial charge in [-0.25, -0.2) is 4.79 Å². The molecule has 2 aliphatic rings. The first-order chi connectivity index (χ1) is 25.3. The molecule has 14 heteroatoms. The van der Waals surface area contributed by atoms with Crippen LogP contribution in [-0.4, -0.2) is 81.9 Å². The first-order valence-corrected chi connectivity index (χ1v) is 19.2. The summed E-state index contributed by atoms with van der Waals surface area (Å²) < 4.78 is 5.99. The number of hydrogen-bond donors (Lipinski definition) is 6. The fourth-order valence-corrected chi connectivity index (χ4v) is 6.15. The van der Waals surface area contributed by atoms with Crippen molar-refractivity contribution >= 4 is 35.5 Å². The Kier molecular flexibility index (Phi) is 17.3. The number of aliphatic carboxylic acids is 1. The van der Waals surface area contributed by atoms with Gasteiger partial charge in [0.1, 0.15) is 30.4 Å². The first-order valence-electron chi connectivity index (χ1n) is 19.2. The van der Waals surface area contributed by atoms with Crippen molar-refractivity contribution in [3.63, 3.8) is 0 Å². The van der Waals surface area contributed by atoms with Crippen molar-refractivity contribution in [1.82, 2.24) is 26.2 Å². The molecule has 302 valence electrons. The molecule has 8 atom stereocenters. The van der Waals surface area contributed by atoms with Gasteiger partial charge < -0.3 is 41.7 Å². The number of hydrogen-bond acceptors (Lipinski definition) is 8. The third-order valence-electron chi connectivity index (χ3n) is 9.87. The van der Waals surface area contributed by atoms with Gasteiger partial charge in [-0.1, -0.05) is 78.8 Å². The molecular weight excluding hydrogens is 692 g/mol. The zero-order valence-electron chi connectivity index (χ0n) is 33.9. The second-order valence-electron chi connectivity index (χ2n) is 15.5. The number of allylic oxidation sites excluding steroid dienone is 1. The molecule has 54 heavy (non-hydrogen) atoms. The molecule has 0 spiro atoms. The van der Waals surface area contributed by atoms with Gasteiger partial charge in [-0.3, -0.25) is 24.0 Å². The number of carbonyl (C=O) groups excluding carboxylic acids is 5. The molecule has 0 aliphatic carbocycles. The fraction of sp³-hybridized carbons (Fsp3) is 0.650. The largest absolute Gasteiger partial charge is 0.480 e. The van der Waals surface area contributed by atoms with Gasteiger partial charge in [0.15, 0.2) is 0 Å². The third kappa shape index (κ3) is 12.4. The summed E-state index contributed by atoms with van der Waals surface area (Å²) in [6.07, 6.45) is 3.76. The van der Waals surface area contributed by atoms with E-state index in [-0.39, 0.29) is 48.2 Å². The number of rotatable bonds is 18. The molecule has 14 nitrogen and oxygen atoms in total. The number of benzene rings is 1.